The number of aromatic nitrogens is 5. The van der Waals surface area contributed by atoms with Crippen molar-refractivity contribution in [3.8, 4) is 0 Å². The number of halogens is 2. The van der Waals surface area contributed by atoms with Gasteiger partial charge in [0.2, 0.25) is 5.28 Å². The van der Waals surface area contributed by atoms with Crippen molar-refractivity contribution in [1.29, 1.82) is 0 Å². The van der Waals surface area contributed by atoms with Gasteiger partial charge in [-0.05, 0) is 24.4 Å². The smallest absolute Gasteiger partial charge is 0.348 e. The van der Waals surface area contributed by atoms with Crippen LogP contribution in [0.5, 0.6) is 0 Å². The molecular formula is C23H26ClFN6O7. The number of anilines is 1. The fourth-order valence-corrected chi connectivity index (χ4v) is 5.22. The fraction of sp³-hybridized carbons (Fsp3) is 0.565. The summed E-state index contributed by atoms with van der Waals surface area (Å²) < 4.78 is 32.8. The summed E-state index contributed by atoms with van der Waals surface area (Å²) in [6.07, 6.45) is 1.89. The Bertz CT molecular complexity index is 1330. The highest BCUT2D eigenvalue weighted by Crippen LogP contribution is 2.36. The van der Waals surface area contributed by atoms with E-state index < -0.39 is 49.1 Å². The molecule has 4 heterocycles. The first kappa shape index (κ1) is 26.3. The normalized spacial score (nSPS) is 22.7. The van der Waals surface area contributed by atoms with Crippen molar-refractivity contribution in [2.45, 2.75) is 75.0 Å². The zero-order valence-electron chi connectivity index (χ0n) is 20.1. The highest BCUT2D eigenvalue weighted by molar-refractivity contribution is 6.28. The van der Waals surface area contributed by atoms with Crippen LogP contribution in [0, 0.1) is 0 Å². The molecule has 0 amide bonds. The number of ether oxygens (including phenoxy) is 2. The zero-order valence-corrected chi connectivity index (χ0v) is 20.9. The number of carbonyl (C=O) groups is 2. The Labute approximate surface area is 220 Å². The SMILES string of the molecule is Nc1nc(Cl)nc2c1ncn2[C@@H]1O[C@H](COC(Cc2cc(C3CCCCC3)no2)(C(=O)O)C(=O)O)C[C@@H]1F. The molecule has 1 aliphatic heterocycles. The van der Waals surface area contributed by atoms with Gasteiger partial charge in [0, 0.05) is 18.4 Å². The van der Waals surface area contributed by atoms with Crippen LogP contribution in [0.15, 0.2) is 16.9 Å². The maximum absolute atomic E-state index is 15.0. The molecule has 2 aliphatic rings. The van der Waals surface area contributed by atoms with Gasteiger partial charge in [0.25, 0.3) is 5.60 Å². The van der Waals surface area contributed by atoms with Gasteiger partial charge in [-0.15, -0.1) is 0 Å². The molecule has 5 rings (SSSR count). The number of aliphatic carboxylic acids is 2. The monoisotopic (exact) mass is 552 g/mol. The fourth-order valence-electron chi connectivity index (χ4n) is 5.05. The molecule has 4 N–H and O–H groups in total. The van der Waals surface area contributed by atoms with Crippen LogP contribution in [-0.2, 0) is 25.5 Å². The van der Waals surface area contributed by atoms with E-state index in [-0.39, 0.29) is 40.4 Å². The van der Waals surface area contributed by atoms with Crippen molar-refractivity contribution < 1.29 is 38.2 Å². The number of nitrogen functional groups attached to an aromatic ring is 1. The lowest BCUT2D eigenvalue weighted by Crippen LogP contribution is -2.52. The highest BCUT2D eigenvalue weighted by Gasteiger charge is 2.51. The molecule has 15 heteroatoms. The average Bonchev–Trinajstić information content (AvgIpc) is 3.60. The molecule has 1 saturated heterocycles. The molecule has 3 atom stereocenters. The minimum absolute atomic E-state index is 0.0128. The minimum atomic E-state index is -2.69. The molecule has 0 aromatic carbocycles. The summed E-state index contributed by atoms with van der Waals surface area (Å²) in [4.78, 5) is 36.3. The molecule has 2 fully saturated rings. The first-order chi connectivity index (χ1) is 18.2. The van der Waals surface area contributed by atoms with E-state index in [0.29, 0.717) is 5.69 Å². The molecule has 204 valence electrons. The predicted octanol–water partition coefficient (Wildman–Crippen LogP) is 2.89. The summed E-state index contributed by atoms with van der Waals surface area (Å²) in [5.41, 5.74) is 4.15. The largest absolute Gasteiger partial charge is 0.479 e. The van der Waals surface area contributed by atoms with Crippen molar-refractivity contribution in [3.05, 3.63) is 29.1 Å². The second kappa shape index (κ2) is 10.4. The average molecular weight is 553 g/mol. The molecule has 13 nitrogen and oxygen atoms in total. The van der Waals surface area contributed by atoms with Gasteiger partial charge in [-0.1, -0.05) is 24.4 Å². The second-order valence-electron chi connectivity index (χ2n) is 9.58. The Morgan fingerprint density at radius 3 is 2.68 bits per heavy atom. The molecule has 1 saturated carbocycles. The maximum atomic E-state index is 15.0. The van der Waals surface area contributed by atoms with Gasteiger partial charge in [-0.3, -0.25) is 4.57 Å². The van der Waals surface area contributed by atoms with Crippen molar-refractivity contribution in [1.82, 2.24) is 24.7 Å². The van der Waals surface area contributed by atoms with E-state index in [2.05, 4.69) is 20.1 Å². The Morgan fingerprint density at radius 2 is 1.97 bits per heavy atom. The quantitative estimate of drug-likeness (QED) is 0.260. The van der Waals surface area contributed by atoms with Crippen LogP contribution in [0.25, 0.3) is 11.2 Å². The summed E-state index contributed by atoms with van der Waals surface area (Å²) in [7, 11) is 0. The van der Waals surface area contributed by atoms with E-state index >= 15 is 4.39 Å². The molecule has 38 heavy (non-hydrogen) atoms. The molecule has 0 radical (unpaired) electrons. The summed E-state index contributed by atoms with van der Waals surface area (Å²) in [6, 6.07) is 1.59. The molecule has 0 spiro atoms. The van der Waals surface area contributed by atoms with E-state index in [9.17, 15) is 19.8 Å². The van der Waals surface area contributed by atoms with E-state index in [1.54, 1.807) is 6.07 Å². The van der Waals surface area contributed by atoms with Crippen LogP contribution in [0.3, 0.4) is 0 Å². The maximum Gasteiger partial charge on any atom is 0.348 e. The summed E-state index contributed by atoms with van der Waals surface area (Å²) in [5, 5.41) is 23.6. The number of fused-ring (bicyclic) bond motifs is 1. The van der Waals surface area contributed by atoms with E-state index in [1.165, 1.54) is 10.9 Å². The summed E-state index contributed by atoms with van der Waals surface area (Å²) in [5.74, 6) is -3.18. The predicted molar refractivity (Wildman–Crippen MR) is 128 cm³/mol. The summed E-state index contributed by atoms with van der Waals surface area (Å²) in [6.45, 7) is -0.510. The van der Waals surface area contributed by atoms with Gasteiger partial charge in [0.05, 0.1) is 31.2 Å². The van der Waals surface area contributed by atoms with Crippen molar-refractivity contribution >= 4 is 40.5 Å². The van der Waals surface area contributed by atoms with Crippen LogP contribution < -0.4 is 5.73 Å². The number of imidazole rings is 1. The number of carboxylic acids is 2. The standard InChI is InChI=1S/C23H26ClFN6O7/c24-22-28-17(26)16-18(29-22)31(10-27-16)19-14(25)6-13(37-19)9-36-23(20(32)33,21(34)35)8-12-7-15(30-38-12)11-4-2-1-3-5-11/h7,10-11,13-14,19H,1-6,8-9H2,(H,32,33)(H,34,35)(H2,26,28,29)/t13-,14-,19+/m0/s1. The zero-order chi connectivity index (χ0) is 27.0. The van der Waals surface area contributed by atoms with E-state index in [4.69, 9.17) is 31.3 Å². The van der Waals surface area contributed by atoms with E-state index in [1.807, 2.05) is 0 Å². The van der Waals surface area contributed by atoms with Crippen molar-refractivity contribution in [2.75, 3.05) is 12.3 Å². The third kappa shape index (κ3) is 4.90. The number of alkyl halides is 1. The van der Waals surface area contributed by atoms with Crippen LogP contribution in [0.2, 0.25) is 5.28 Å². The third-order valence-corrected chi connectivity index (χ3v) is 7.22. The van der Waals surface area contributed by atoms with Crippen LogP contribution >= 0.6 is 11.6 Å². The van der Waals surface area contributed by atoms with Crippen LogP contribution in [-0.4, -0.2) is 71.3 Å². The van der Waals surface area contributed by atoms with E-state index in [0.717, 1.165) is 32.1 Å². The molecule has 0 bridgehead atoms. The first-order valence-corrected chi connectivity index (χ1v) is 12.6. The molecule has 3 aromatic rings. The minimum Gasteiger partial charge on any atom is -0.479 e. The Balaban J connectivity index is 1.30. The third-order valence-electron chi connectivity index (χ3n) is 7.05. The Hall–Kier alpha value is -3.36. The number of hydrogen-bond acceptors (Lipinski definition) is 10. The lowest BCUT2D eigenvalue weighted by atomic mass is 9.86. The van der Waals surface area contributed by atoms with Crippen LogP contribution in [0.4, 0.5) is 10.2 Å². The molecular weight excluding hydrogens is 527 g/mol. The number of hydrogen-bond donors (Lipinski definition) is 3. The topological polar surface area (TPSA) is 189 Å². The number of nitrogens with zero attached hydrogens (tertiary/aromatic N) is 5. The number of carboxylic acid groups (broad SMARTS) is 2. The Kier molecular flexibility index (Phi) is 7.20. The molecule has 3 aromatic heterocycles. The van der Waals surface area contributed by atoms with Gasteiger partial charge in [-0.25, -0.2) is 19.0 Å². The van der Waals surface area contributed by atoms with Crippen molar-refractivity contribution in [2.24, 2.45) is 0 Å². The highest BCUT2D eigenvalue weighted by atomic mass is 35.5. The number of nitrogens with two attached hydrogens (primary N) is 1. The van der Waals surface area contributed by atoms with Gasteiger partial charge in [0.15, 0.2) is 17.7 Å². The van der Waals surface area contributed by atoms with Gasteiger partial charge < -0.3 is 29.9 Å². The van der Waals surface area contributed by atoms with Crippen molar-refractivity contribution in [3.63, 3.8) is 0 Å². The number of rotatable bonds is 9. The van der Waals surface area contributed by atoms with Gasteiger partial charge >= 0.3 is 11.9 Å². The molecule has 1 aliphatic carbocycles. The molecule has 0 unspecified atom stereocenters. The Morgan fingerprint density at radius 1 is 1.24 bits per heavy atom. The van der Waals surface area contributed by atoms with Crippen LogP contribution in [0.1, 0.15) is 62.1 Å². The van der Waals surface area contributed by atoms with Gasteiger partial charge in [0.1, 0.15) is 17.4 Å². The van der Waals surface area contributed by atoms with Gasteiger partial charge in [-0.2, -0.15) is 9.97 Å². The summed E-state index contributed by atoms with van der Waals surface area (Å²) >= 11 is 5.87. The lowest BCUT2D eigenvalue weighted by molar-refractivity contribution is -0.188. The lowest BCUT2D eigenvalue weighted by Gasteiger charge is -2.25. The first-order valence-electron chi connectivity index (χ1n) is 12.2. The second-order valence-corrected chi connectivity index (χ2v) is 9.92.